The van der Waals surface area contributed by atoms with Crippen LogP contribution in [0.5, 0.6) is 5.75 Å². The molecule has 2 aromatic rings. The van der Waals surface area contributed by atoms with Gasteiger partial charge in [0.1, 0.15) is 24.4 Å². The number of urea groups is 1. The molecule has 3 rings (SSSR count). The Bertz CT molecular complexity index is 909. The number of nitrogens with one attached hydrogen (secondary N) is 1. The number of amides is 3. The molecule has 7 heteroatoms. The van der Waals surface area contributed by atoms with Crippen molar-refractivity contribution in [2.24, 2.45) is 0 Å². The van der Waals surface area contributed by atoms with Crippen LogP contribution in [-0.4, -0.2) is 36.5 Å². The number of para-hydroxylation sites is 1. The Labute approximate surface area is 163 Å². The molecule has 146 valence electrons. The first kappa shape index (κ1) is 19.4. The monoisotopic (exact) mass is 382 g/mol. The van der Waals surface area contributed by atoms with Crippen LogP contribution in [0.3, 0.4) is 0 Å². The lowest BCUT2D eigenvalue weighted by molar-refractivity contribution is -0.148. The number of benzene rings is 2. The number of carbonyl (C=O) groups excluding carboxylic acids is 3. The molecule has 0 aromatic heterocycles. The molecule has 1 heterocycles. The van der Waals surface area contributed by atoms with Gasteiger partial charge in [-0.15, -0.1) is 0 Å². The third kappa shape index (κ3) is 3.69. The quantitative estimate of drug-likeness (QED) is 0.613. The lowest BCUT2D eigenvalue weighted by atomic mass is 9.91. The fraction of sp³-hybridized carbons (Fsp3) is 0.286. The van der Waals surface area contributed by atoms with Gasteiger partial charge >= 0.3 is 12.0 Å². The highest BCUT2D eigenvalue weighted by molar-refractivity contribution is 6.08. The first-order chi connectivity index (χ1) is 13.3. The second-order valence-electron chi connectivity index (χ2n) is 6.79. The molecule has 0 saturated carbocycles. The van der Waals surface area contributed by atoms with Crippen molar-refractivity contribution in [2.45, 2.75) is 26.0 Å². The van der Waals surface area contributed by atoms with Crippen LogP contribution in [0.1, 0.15) is 23.6 Å². The van der Waals surface area contributed by atoms with E-state index in [-0.39, 0.29) is 6.61 Å². The molecule has 1 atom stereocenters. The van der Waals surface area contributed by atoms with Crippen LogP contribution in [0.15, 0.2) is 48.5 Å². The second kappa shape index (κ2) is 7.72. The Morgan fingerprint density at radius 2 is 1.79 bits per heavy atom. The minimum atomic E-state index is -1.21. The van der Waals surface area contributed by atoms with Crippen LogP contribution >= 0.6 is 0 Å². The Balaban J connectivity index is 1.67. The summed E-state index contributed by atoms with van der Waals surface area (Å²) >= 11 is 0. The summed E-state index contributed by atoms with van der Waals surface area (Å²) < 4.78 is 10.4. The van der Waals surface area contributed by atoms with E-state index in [1.165, 1.54) is 7.11 Å². The number of ether oxygens (including phenoxy) is 2. The number of methoxy groups -OCH3 is 1. The van der Waals surface area contributed by atoms with Crippen molar-refractivity contribution in [1.29, 1.82) is 0 Å². The molecule has 0 spiro atoms. The Morgan fingerprint density at radius 1 is 1.11 bits per heavy atom. The molecule has 1 fully saturated rings. The van der Waals surface area contributed by atoms with E-state index in [4.69, 9.17) is 9.47 Å². The molecule has 7 nitrogen and oxygen atoms in total. The van der Waals surface area contributed by atoms with Gasteiger partial charge in [-0.1, -0.05) is 48.0 Å². The minimum Gasteiger partial charge on any atom is -0.496 e. The number of carbonyl (C=O) groups is 3. The molecular formula is C21H22N2O5. The maximum absolute atomic E-state index is 12.8. The first-order valence-corrected chi connectivity index (χ1v) is 8.84. The number of nitrogens with zero attached hydrogens (tertiary/aromatic N) is 1. The summed E-state index contributed by atoms with van der Waals surface area (Å²) in [5.41, 5.74) is 1.18. The molecule has 1 N–H and O–H groups in total. The van der Waals surface area contributed by atoms with Gasteiger partial charge in [0, 0.05) is 5.56 Å². The topological polar surface area (TPSA) is 84.9 Å². The lowest BCUT2D eigenvalue weighted by Gasteiger charge is -2.22. The van der Waals surface area contributed by atoms with Gasteiger partial charge in [-0.05, 0) is 25.5 Å². The summed E-state index contributed by atoms with van der Waals surface area (Å²) in [6.07, 6.45) is 0. The molecule has 2 aromatic carbocycles. The van der Waals surface area contributed by atoms with Crippen molar-refractivity contribution < 1.29 is 23.9 Å². The Hall–Kier alpha value is -3.35. The average molecular weight is 382 g/mol. The standard InChI is InChI=1S/C21H22N2O5/c1-14-8-10-16(11-9-14)21(2)19(25)23(20(26)22-21)12-18(24)28-13-15-6-4-5-7-17(15)27-3/h4-11H,12-13H2,1-3H3,(H,22,26)/t21-/m1/s1. The zero-order valence-electron chi connectivity index (χ0n) is 16.0. The van der Waals surface area contributed by atoms with Gasteiger partial charge < -0.3 is 14.8 Å². The highest BCUT2D eigenvalue weighted by atomic mass is 16.5. The summed E-state index contributed by atoms with van der Waals surface area (Å²) in [5, 5.41) is 2.67. The smallest absolute Gasteiger partial charge is 0.326 e. The van der Waals surface area contributed by atoms with E-state index in [9.17, 15) is 14.4 Å². The van der Waals surface area contributed by atoms with Crippen LogP contribution in [-0.2, 0) is 26.5 Å². The number of hydrogen-bond donors (Lipinski definition) is 1. The van der Waals surface area contributed by atoms with E-state index in [0.29, 0.717) is 16.9 Å². The molecule has 3 amide bonds. The first-order valence-electron chi connectivity index (χ1n) is 8.84. The Morgan fingerprint density at radius 3 is 2.46 bits per heavy atom. The van der Waals surface area contributed by atoms with Gasteiger partial charge in [0.05, 0.1) is 7.11 Å². The van der Waals surface area contributed by atoms with Crippen molar-refractivity contribution in [3.05, 3.63) is 65.2 Å². The SMILES string of the molecule is COc1ccccc1COC(=O)CN1C(=O)N[C@](C)(c2ccc(C)cc2)C1=O. The highest BCUT2D eigenvalue weighted by Gasteiger charge is 2.49. The van der Waals surface area contributed by atoms with Crippen molar-refractivity contribution in [3.8, 4) is 5.75 Å². The summed E-state index contributed by atoms with van der Waals surface area (Å²) in [5.74, 6) is -0.574. The van der Waals surface area contributed by atoms with E-state index in [0.717, 1.165) is 10.5 Å². The fourth-order valence-electron chi connectivity index (χ4n) is 3.08. The average Bonchev–Trinajstić information content (AvgIpc) is 2.91. The van der Waals surface area contributed by atoms with Crippen LogP contribution < -0.4 is 10.1 Å². The predicted octanol–water partition coefficient (Wildman–Crippen LogP) is 2.51. The van der Waals surface area contributed by atoms with Crippen LogP contribution in [0.25, 0.3) is 0 Å². The molecule has 1 aliphatic rings. The van der Waals surface area contributed by atoms with E-state index in [1.54, 1.807) is 37.3 Å². The number of esters is 1. The maximum Gasteiger partial charge on any atom is 0.326 e. The molecule has 0 aliphatic carbocycles. The Kier molecular flexibility index (Phi) is 5.35. The maximum atomic E-state index is 12.8. The molecule has 28 heavy (non-hydrogen) atoms. The van der Waals surface area contributed by atoms with Gasteiger partial charge in [-0.25, -0.2) is 4.79 Å². The fourth-order valence-corrected chi connectivity index (χ4v) is 3.08. The molecular weight excluding hydrogens is 360 g/mol. The molecule has 1 aliphatic heterocycles. The van der Waals surface area contributed by atoms with Gasteiger partial charge in [0.15, 0.2) is 0 Å². The van der Waals surface area contributed by atoms with Crippen molar-refractivity contribution in [2.75, 3.05) is 13.7 Å². The largest absolute Gasteiger partial charge is 0.496 e. The molecule has 0 radical (unpaired) electrons. The second-order valence-corrected chi connectivity index (χ2v) is 6.79. The highest BCUT2D eigenvalue weighted by Crippen LogP contribution is 2.29. The number of aryl methyl sites for hydroxylation is 1. The summed E-state index contributed by atoms with van der Waals surface area (Å²) in [4.78, 5) is 38.3. The van der Waals surface area contributed by atoms with Crippen LogP contribution in [0.2, 0.25) is 0 Å². The van der Waals surface area contributed by atoms with Gasteiger partial charge in [-0.3, -0.25) is 14.5 Å². The summed E-state index contributed by atoms with van der Waals surface area (Å²) in [7, 11) is 1.53. The number of imide groups is 1. The van der Waals surface area contributed by atoms with E-state index >= 15 is 0 Å². The molecule has 1 saturated heterocycles. The third-order valence-electron chi connectivity index (χ3n) is 4.77. The molecule has 0 unspecified atom stereocenters. The van der Waals surface area contributed by atoms with E-state index < -0.39 is 30.0 Å². The number of rotatable bonds is 6. The summed E-state index contributed by atoms with van der Waals surface area (Å²) in [6, 6.07) is 13.8. The van der Waals surface area contributed by atoms with E-state index in [1.807, 2.05) is 25.1 Å². The van der Waals surface area contributed by atoms with Crippen LogP contribution in [0, 0.1) is 6.92 Å². The third-order valence-corrected chi connectivity index (χ3v) is 4.77. The van der Waals surface area contributed by atoms with Gasteiger partial charge in [-0.2, -0.15) is 0 Å². The van der Waals surface area contributed by atoms with Gasteiger partial charge in [0.25, 0.3) is 5.91 Å². The minimum absolute atomic E-state index is 0.0122. The zero-order valence-corrected chi connectivity index (χ0v) is 16.0. The zero-order chi connectivity index (χ0) is 20.3. The summed E-state index contributed by atoms with van der Waals surface area (Å²) in [6.45, 7) is 3.09. The van der Waals surface area contributed by atoms with Gasteiger partial charge in [0.2, 0.25) is 0 Å². The lowest BCUT2D eigenvalue weighted by Crippen LogP contribution is -2.41. The number of hydrogen-bond acceptors (Lipinski definition) is 5. The molecule has 0 bridgehead atoms. The van der Waals surface area contributed by atoms with Crippen molar-refractivity contribution in [3.63, 3.8) is 0 Å². The van der Waals surface area contributed by atoms with Crippen molar-refractivity contribution in [1.82, 2.24) is 10.2 Å². The predicted molar refractivity (Wildman–Crippen MR) is 102 cm³/mol. The van der Waals surface area contributed by atoms with Crippen LogP contribution in [0.4, 0.5) is 4.79 Å². The van der Waals surface area contributed by atoms with Crippen molar-refractivity contribution >= 4 is 17.9 Å². The van der Waals surface area contributed by atoms with E-state index in [2.05, 4.69) is 5.32 Å². The normalized spacial score (nSPS) is 18.8.